The third-order valence-electron chi connectivity index (χ3n) is 4.99. The molecule has 1 aromatic heterocycles. The van der Waals surface area contributed by atoms with E-state index in [1.165, 1.54) is 0 Å². The van der Waals surface area contributed by atoms with Crippen LogP contribution < -0.4 is 5.32 Å². The van der Waals surface area contributed by atoms with E-state index in [4.69, 9.17) is 4.52 Å². The number of rotatable bonds is 2. The Morgan fingerprint density at radius 2 is 2.29 bits per heavy atom. The Balaban J connectivity index is 1.75. The number of carbonyl (C=O) groups excluding carboxylic acids is 2. The molecule has 0 unspecified atom stereocenters. The zero-order valence-corrected chi connectivity index (χ0v) is 12.5. The first-order valence-electron chi connectivity index (χ1n) is 7.50. The first kappa shape index (κ1) is 14.1. The smallest absolute Gasteiger partial charge is 0.276 e. The Kier molecular flexibility index (Phi) is 3.47. The molecule has 6 heteroatoms. The molecule has 1 saturated heterocycles. The summed E-state index contributed by atoms with van der Waals surface area (Å²) < 4.78 is 4.98. The van der Waals surface area contributed by atoms with E-state index in [9.17, 15) is 9.59 Å². The Morgan fingerprint density at radius 3 is 2.95 bits per heavy atom. The second kappa shape index (κ2) is 5.16. The minimum absolute atomic E-state index is 0.0272. The number of nitrogens with one attached hydrogen (secondary N) is 1. The number of aryl methyl sites for hydroxylation is 1. The first-order valence-corrected chi connectivity index (χ1v) is 7.50. The second-order valence-electron chi connectivity index (χ2n) is 6.22. The summed E-state index contributed by atoms with van der Waals surface area (Å²) in [5.74, 6) is 0.682. The summed E-state index contributed by atoms with van der Waals surface area (Å²) in [6, 6.07) is 1.66. The zero-order valence-electron chi connectivity index (χ0n) is 12.5. The molecule has 114 valence electrons. The highest BCUT2D eigenvalue weighted by atomic mass is 16.5. The van der Waals surface area contributed by atoms with Crippen molar-refractivity contribution in [3.63, 3.8) is 0 Å². The molecule has 2 aliphatic rings. The maximum Gasteiger partial charge on any atom is 0.276 e. The van der Waals surface area contributed by atoms with Gasteiger partial charge in [0.15, 0.2) is 5.69 Å². The zero-order chi connectivity index (χ0) is 15.0. The summed E-state index contributed by atoms with van der Waals surface area (Å²) in [6.07, 6.45) is 3.90. The van der Waals surface area contributed by atoms with Crippen LogP contribution in [0.5, 0.6) is 0 Å². The SMILES string of the molecule is CNC(=O)[C@@H]1CCC[C@]12CCN(C(=O)c1cc(C)on1)C2. The highest BCUT2D eigenvalue weighted by Crippen LogP contribution is 2.49. The molecule has 1 spiro atoms. The van der Waals surface area contributed by atoms with Crippen LogP contribution in [-0.2, 0) is 4.79 Å². The molecule has 21 heavy (non-hydrogen) atoms. The minimum atomic E-state index is -0.0914. The van der Waals surface area contributed by atoms with Gasteiger partial charge in [-0.15, -0.1) is 0 Å². The fraction of sp³-hybridized carbons (Fsp3) is 0.667. The Labute approximate surface area is 123 Å². The van der Waals surface area contributed by atoms with Gasteiger partial charge >= 0.3 is 0 Å². The van der Waals surface area contributed by atoms with Gasteiger partial charge in [-0.05, 0) is 26.2 Å². The van der Waals surface area contributed by atoms with Crippen molar-refractivity contribution in [2.45, 2.75) is 32.6 Å². The molecule has 1 aliphatic heterocycles. The Hall–Kier alpha value is -1.85. The number of nitrogens with zero attached hydrogens (tertiary/aromatic N) is 2. The van der Waals surface area contributed by atoms with Crippen LogP contribution in [0.4, 0.5) is 0 Å². The number of aromatic nitrogens is 1. The highest BCUT2D eigenvalue weighted by Gasteiger charge is 2.51. The fourth-order valence-corrected chi connectivity index (χ4v) is 3.91. The molecule has 1 aromatic rings. The van der Waals surface area contributed by atoms with Gasteiger partial charge in [0.25, 0.3) is 5.91 Å². The number of hydrogen-bond donors (Lipinski definition) is 1. The average molecular weight is 291 g/mol. The summed E-state index contributed by atoms with van der Waals surface area (Å²) in [5.41, 5.74) is 0.313. The quantitative estimate of drug-likeness (QED) is 0.892. The van der Waals surface area contributed by atoms with E-state index in [1.807, 2.05) is 4.90 Å². The van der Waals surface area contributed by atoms with E-state index in [2.05, 4.69) is 10.5 Å². The van der Waals surface area contributed by atoms with E-state index in [0.717, 1.165) is 25.7 Å². The molecule has 1 aliphatic carbocycles. The molecule has 6 nitrogen and oxygen atoms in total. The summed E-state index contributed by atoms with van der Waals surface area (Å²) in [7, 11) is 1.68. The maximum atomic E-state index is 12.4. The largest absolute Gasteiger partial charge is 0.361 e. The van der Waals surface area contributed by atoms with Gasteiger partial charge in [-0.25, -0.2) is 0 Å². The standard InChI is InChI=1S/C15H21N3O3/c1-10-8-12(17-21-10)14(20)18-7-6-15(9-18)5-3-4-11(15)13(19)16-2/h8,11H,3-7,9H2,1-2H3,(H,16,19)/t11-,15+/m0/s1. The summed E-state index contributed by atoms with van der Waals surface area (Å²) in [4.78, 5) is 26.4. The lowest BCUT2D eigenvalue weighted by Gasteiger charge is -2.30. The van der Waals surface area contributed by atoms with E-state index in [0.29, 0.717) is 24.5 Å². The van der Waals surface area contributed by atoms with Crippen LogP contribution in [0, 0.1) is 18.3 Å². The van der Waals surface area contributed by atoms with Crippen LogP contribution in [-0.4, -0.2) is 42.0 Å². The molecule has 0 radical (unpaired) electrons. The lowest BCUT2D eigenvalue weighted by molar-refractivity contribution is -0.127. The molecule has 3 rings (SSSR count). The average Bonchev–Trinajstić information content (AvgIpc) is 3.19. The van der Waals surface area contributed by atoms with Crippen molar-refractivity contribution in [1.82, 2.24) is 15.4 Å². The normalized spacial score (nSPS) is 28.3. The van der Waals surface area contributed by atoms with Crippen molar-refractivity contribution in [2.24, 2.45) is 11.3 Å². The third kappa shape index (κ3) is 2.32. The van der Waals surface area contributed by atoms with Crippen LogP contribution in [0.1, 0.15) is 41.9 Å². The van der Waals surface area contributed by atoms with E-state index >= 15 is 0 Å². The van der Waals surface area contributed by atoms with E-state index < -0.39 is 0 Å². The van der Waals surface area contributed by atoms with Crippen molar-refractivity contribution in [1.29, 1.82) is 0 Å². The van der Waals surface area contributed by atoms with Gasteiger partial charge < -0.3 is 14.7 Å². The van der Waals surface area contributed by atoms with Gasteiger partial charge in [0.2, 0.25) is 5.91 Å². The van der Waals surface area contributed by atoms with Gasteiger partial charge in [0.05, 0.1) is 0 Å². The Morgan fingerprint density at radius 1 is 1.48 bits per heavy atom. The Bertz CT molecular complexity index is 568. The van der Waals surface area contributed by atoms with E-state index in [1.54, 1.807) is 20.0 Å². The molecule has 1 N–H and O–H groups in total. The van der Waals surface area contributed by atoms with Crippen molar-refractivity contribution in [3.8, 4) is 0 Å². The van der Waals surface area contributed by atoms with Crippen molar-refractivity contribution in [2.75, 3.05) is 20.1 Å². The fourth-order valence-electron chi connectivity index (χ4n) is 3.91. The lowest BCUT2D eigenvalue weighted by atomic mass is 9.76. The number of carbonyl (C=O) groups is 2. The highest BCUT2D eigenvalue weighted by molar-refractivity contribution is 5.92. The maximum absolute atomic E-state index is 12.4. The second-order valence-corrected chi connectivity index (χ2v) is 6.22. The van der Waals surface area contributed by atoms with Crippen LogP contribution in [0.2, 0.25) is 0 Å². The van der Waals surface area contributed by atoms with E-state index in [-0.39, 0.29) is 23.1 Å². The molecule has 2 amide bonds. The van der Waals surface area contributed by atoms with Gasteiger partial charge in [-0.1, -0.05) is 11.6 Å². The number of amides is 2. The van der Waals surface area contributed by atoms with Gasteiger partial charge in [-0.3, -0.25) is 9.59 Å². The lowest BCUT2D eigenvalue weighted by Crippen LogP contribution is -2.40. The number of likely N-dealkylation sites (tertiary alicyclic amines) is 1. The summed E-state index contributed by atoms with van der Waals surface area (Å²) in [5, 5.41) is 6.57. The molecule has 0 bridgehead atoms. The topological polar surface area (TPSA) is 75.4 Å². The predicted octanol–water partition coefficient (Wildman–Crippen LogP) is 1.36. The molecule has 0 aromatic carbocycles. The third-order valence-corrected chi connectivity index (χ3v) is 4.99. The molecular weight excluding hydrogens is 270 g/mol. The molecule has 2 fully saturated rings. The van der Waals surface area contributed by atoms with Crippen LogP contribution >= 0.6 is 0 Å². The van der Waals surface area contributed by atoms with Crippen molar-refractivity contribution in [3.05, 3.63) is 17.5 Å². The van der Waals surface area contributed by atoms with Crippen molar-refractivity contribution >= 4 is 11.8 Å². The van der Waals surface area contributed by atoms with Crippen LogP contribution in [0.3, 0.4) is 0 Å². The molecule has 2 atom stereocenters. The van der Waals surface area contributed by atoms with Gasteiger partial charge in [-0.2, -0.15) is 0 Å². The molecule has 1 saturated carbocycles. The van der Waals surface area contributed by atoms with Crippen LogP contribution in [0.25, 0.3) is 0 Å². The first-order chi connectivity index (χ1) is 10.1. The van der Waals surface area contributed by atoms with Gasteiger partial charge in [0.1, 0.15) is 5.76 Å². The summed E-state index contributed by atoms with van der Waals surface area (Å²) >= 11 is 0. The summed E-state index contributed by atoms with van der Waals surface area (Å²) in [6.45, 7) is 3.11. The number of hydrogen-bond acceptors (Lipinski definition) is 4. The predicted molar refractivity (Wildman–Crippen MR) is 75.6 cm³/mol. The molecule has 2 heterocycles. The minimum Gasteiger partial charge on any atom is -0.361 e. The van der Waals surface area contributed by atoms with Gasteiger partial charge in [0, 0.05) is 37.5 Å². The van der Waals surface area contributed by atoms with Crippen molar-refractivity contribution < 1.29 is 14.1 Å². The van der Waals surface area contributed by atoms with Crippen LogP contribution in [0.15, 0.2) is 10.6 Å². The monoisotopic (exact) mass is 291 g/mol. The molecular formula is C15H21N3O3.